The second kappa shape index (κ2) is 9.65. The number of carbonyl (C=O) groups is 1. The molecule has 4 nitrogen and oxygen atoms in total. The second-order valence-corrected chi connectivity index (χ2v) is 6.54. The molecule has 2 saturated heterocycles. The molecule has 2 aliphatic heterocycles. The Morgan fingerprint density at radius 3 is 2.48 bits per heavy atom. The monoisotopic (exact) mass is 317 g/mol. The highest BCUT2D eigenvalue weighted by molar-refractivity contribution is 5.85. The van der Waals surface area contributed by atoms with E-state index in [4.69, 9.17) is 0 Å². The summed E-state index contributed by atoms with van der Waals surface area (Å²) in [5.41, 5.74) is 0. The van der Waals surface area contributed by atoms with Crippen LogP contribution in [0.25, 0.3) is 0 Å². The van der Waals surface area contributed by atoms with Gasteiger partial charge in [-0.05, 0) is 78.0 Å². The minimum Gasteiger partial charge on any atom is -0.339 e. The van der Waals surface area contributed by atoms with Crippen molar-refractivity contribution in [3.63, 3.8) is 0 Å². The molecule has 0 radical (unpaired) electrons. The first-order valence-corrected chi connectivity index (χ1v) is 8.37. The largest absolute Gasteiger partial charge is 0.339 e. The van der Waals surface area contributed by atoms with Crippen molar-refractivity contribution in [3.05, 3.63) is 0 Å². The molecule has 1 atom stereocenters. The fourth-order valence-electron chi connectivity index (χ4n) is 3.53. The Morgan fingerprint density at radius 1 is 1.14 bits per heavy atom. The van der Waals surface area contributed by atoms with E-state index in [9.17, 15) is 4.79 Å². The van der Waals surface area contributed by atoms with Gasteiger partial charge in [-0.2, -0.15) is 0 Å². The van der Waals surface area contributed by atoms with E-state index < -0.39 is 0 Å². The van der Waals surface area contributed by atoms with Gasteiger partial charge in [0.2, 0.25) is 5.91 Å². The number of piperidine rings is 2. The van der Waals surface area contributed by atoms with Gasteiger partial charge >= 0.3 is 0 Å². The molecule has 1 amide bonds. The summed E-state index contributed by atoms with van der Waals surface area (Å²) in [6.45, 7) is 7.13. The molecule has 0 aromatic heterocycles. The number of amides is 1. The Morgan fingerprint density at radius 2 is 1.86 bits per heavy atom. The van der Waals surface area contributed by atoms with Crippen LogP contribution >= 0.6 is 12.4 Å². The molecule has 2 heterocycles. The number of hydrogen-bond acceptors (Lipinski definition) is 3. The first-order valence-electron chi connectivity index (χ1n) is 8.37. The Balaban J connectivity index is 0.00000220. The Labute approximate surface area is 136 Å². The summed E-state index contributed by atoms with van der Waals surface area (Å²) >= 11 is 0. The lowest BCUT2D eigenvalue weighted by Gasteiger charge is -2.37. The van der Waals surface area contributed by atoms with Gasteiger partial charge < -0.3 is 10.2 Å². The summed E-state index contributed by atoms with van der Waals surface area (Å²) in [5, 5.41) is 3.23. The van der Waals surface area contributed by atoms with Crippen LogP contribution in [0, 0.1) is 5.92 Å². The van der Waals surface area contributed by atoms with Crippen molar-refractivity contribution in [2.24, 2.45) is 5.92 Å². The maximum atomic E-state index is 12.4. The fourth-order valence-corrected chi connectivity index (χ4v) is 3.53. The standard InChI is InChI=1S/C16H31N3O.ClH/c1-14-5-3-4-10-19(14)16(20)13-18-11-7-15(8-12-18)6-9-17-2;/h14-15,17H,3-13H2,1-2H3;1H. The normalized spacial score (nSPS) is 24.7. The zero-order valence-corrected chi connectivity index (χ0v) is 14.5. The summed E-state index contributed by atoms with van der Waals surface area (Å²) in [4.78, 5) is 16.9. The third kappa shape index (κ3) is 5.76. The lowest BCUT2D eigenvalue weighted by Crippen LogP contribution is -2.48. The minimum absolute atomic E-state index is 0. The van der Waals surface area contributed by atoms with Crippen molar-refractivity contribution in [2.75, 3.05) is 39.8 Å². The molecule has 1 N–H and O–H groups in total. The van der Waals surface area contributed by atoms with Gasteiger partial charge in [-0.25, -0.2) is 0 Å². The number of hydrogen-bond donors (Lipinski definition) is 1. The van der Waals surface area contributed by atoms with Crippen LogP contribution in [0.5, 0.6) is 0 Å². The third-order valence-corrected chi connectivity index (χ3v) is 4.99. The van der Waals surface area contributed by atoms with E-state index in [-0.39, 0.29) is 12.4 Å². The lowest BCUT2D eigenvalue weighted by molar-refractivity contribution is -0.136. The highest BCUT2D eigenvalue weighted by atomic mass is 35.5. The zero-order chi connectivity index (χ0) is 14.4. The number of nitrogens with one attached hydrogen (secondary N) is 1. The van der Waals surface area contributed by atoms with Gasteiger partial charge in [0.15, 0.2) is 0 Å². The average Bonchev–Trinajstić information content (AvgIpc) is 2.47. The van der Waals surface area contributed by atoms with Gasteiger partial charge in [-0.3, -0.25) is 9.69 Å². The summed E-state index contributed by atoms with van der Waals surface area (Å²) in [6.07, 6.45) is 7.43. The summed E-state index contributed by atoms with van der Waals surface area (Å²) in [5.74, 6) is 1.20. The Hall–Kier alpha value is -0.320. The molecule has 0 bridgehead atoms. The Kier molecular flexibility index (Phi) is 8.60. The minimum atomic E-state index is 0. The molecule has 2 aliphatic rings. The molecular weight excluding hydrogens is 286 g/mol. The Bertz CT molecular complexity index is 306. The van der Waals surface area contributed by atoms with Crippen LogP contribution in [0.4, 0.5) is 0 Å². The maximum Gasteiger partial charge on any atom is 0.236 e. The van der Waals surface area contributed by atoms with Crippen LogP contribution in [0.2, 0.25) is 0 Å². The molecule has 5 heteroatoms. The van der Waals surface area contributed by atoms with Crippen LogP contribution in [0.3, 0.4) is 0 Å². The quantitative estimate of drug-likeness (QED) is 0.844. The van der Waals surface area contributed by atoms with Crippen molar-refractivity contribution in [1.82, 2.24) is 15.1 Å². The average molecular weight is 318 g/mol. The predicted octanol–water partition coefficient (Wildman–Crippen LogP) is 2.13. The number of likely N-dealkylation sites (tertiary alicyclic amines) is 2. The number of halogens is 1. The van der Waals surface area contributed by atoms with Gasteiger partial charge in [-0.1, -0.05) is 0 Å². The zero-order valence-electron chi connectivity index (χ0n) is 13.6. The molecule has 0 aromatic rings. The van der Waals surface area contributed by atoms with Crippen LogP contribution < -0.4 is 5.32 Å². The van der Waals surface area contributed by atoms with Crippen molar-refractivity contribution in [1.29, 1.82) is 0 Å². The molecule has 2 fully saturated rings. The topological polar surface area (TPSA) is 35.6 Å². The second-order valence-electron chi connectivity index (χ2n) is 6.54. The van der Waals surface area contributed by atoms with E-state index in [1.54, 1.807) is 0 Å². The maximum absolute atomic E-state index is 12.4. The van der Waals surface area contributed by atoms with E-state index in [1.165, 1.54) is 38.5 Å². The van der Waals surface area contributed by atoms with Crippen LogP contribution in [0.1, 0.15) is 45.4 Å². The highest BCUT2D eigenvalue weighted by Crippen LogP contribution is 2.21. The van der Waals surface area contributed by atoms with Crippen molar-refractivity contribution < 1.29 is 4.79 Å². The SMILES string of the molecule is CNCCC1CCN(CC(=O)N2CCCCC2C)CC1.Cl. The molecule has 21 heavy (non-hydrogen) atoms. The molecule has 0 spiro atoms. The van der Waals surface area contributed by atoms with E-state index >= 15 is 0 Å². The molecule has 2 rings (SSSR count). The first-order chi connectivity index (χ1) is 9.70. The predicted molar refractivity (Wildman–Crippen MR) is 90.0 cm³/mol. The summed E-state index contributed by atoms with van der Waals surface area (Å²) in [7, 11) is 2.02. The van der Waals surface area contributed by atoms with Gasteiger partial charge in [0.05, 0.1) is 6.54 Å². The van der Waals surface area contributed by atoms with Gasteiger partial charge in [0, 0.05) is 12.6 Å². The van der Waals surface area contributed by atoms with Gasteiger partial charge in [0.25, 0.3) is 0 Å². The number of rotatable bonds is 5. The summed E-state index contributed by atoms with van der Waals surface area (Å²) < 4.78 is 0. The third-order valence-electron chi connectivity index (χ3n) is 4.99. The summed E-state index contributed by atoms with van der Waals surface area (Å²) in [6, 6.07) is 0.449. The first kappa shape index (κ1) is 18.7. The van der Waals surface area contributed by atoms with E-state index in [1.807, 2.05) is 7.05 Å². The fraction of sp³-hybridized carbons (Fsp3) is 0.938. The number of nitrogens with zero attached hydrogens (tertiary/aromatic N) is 2. The number of carbonyl (C=O) groups excluding carboxylic acids is 1. The molecule has 1 unspecified atom stereocenters. The smallest absolute Gasteiger partial charge is 0.236 e. The van der Waals surface area contributed by atoms with Gasteiger partial charge in [-0.15, -0.1) is 12.4 Å². The molecule has 124 valence electrons. The van der Waals surface area contributed by atoms with Crippen LogP contribution in [-0.4, -0.2) is 61.5 Å². The molecule has 0 aliphatic carbocycles. The lowest BCUT2D eigenvalue weighted by atomic mass is 9.93. The van der Waals surface area contributed by atoms with E-state index in [2.05, 4.69) is 22.0 Å². The molecule has 0 aromatic carbocycles. The van der Waals surface area contributed by atoms with E-state index in [0.717, 1.165) is 32.1 Å². The van der Waals surface area contributed by atoms with Crippen molar-refractivity contribution in [3.8, 4) is 0 Å². The van der Waals surface area contributed by atoms with Crippen LogP contribution in [0.15, 0.2) is 0 Å². The van der Waals surface area contributed by atoms with Gasteiger partial charge in [0.1, 0.15) is 0 Å². The van der Waals surface area contributed by atoms with Crippen molar-refractivity contribution >= 4 is 18.3 Å². The van der Waals surface area contributed by atoms with E-state index in [0.29, 0.717) is 18.5 Å². The molecule has 0 saturated carbocycles. The van der Waals surface area contributed by atoms with Crippen molar-refractivity contribution in [2.45, 2.75) is 51.5 Å². The van der Waals surface area contributed by atoms with Crippen LogP contribution in [-0.2, 0) is 4.79 Å². The highest BCUT2D eigenvalue weighted by Gasteiger charge is 2.26. The molecular formula is C16H32ClN3O.